The Morgan fingerprint density at radius 3 is 3.00 bits per heavy atom. The van der Waals surface area contributed by atoms with Crippen LogP contribution in [0, 0.1) is 0 Å². The maximum Gasteiger partial charge on any atom is 0.00206 e. The van der Waals surface area contributed by atoms with Gasteiger partial charge in [0.15, 0.2) is 0 Å². The van der Waals surface area contributed by atoms with Crippen LogP contribution in [0.25, 0.3) is 0 Å². The average Bonchev–Trinajstić information content (AvgIpc) is 2.90. The van der Waals surface area contributed by atoms with Gasteiger partial charge in [-0.25, -0.2) is 0 Å². The predicted molar refractivity (Wildman–Crippen MR) is 73.6 cm³/mol. The van der Waals surface area contributed by atoms with Gasteiger partial charge in [-0.3, -0.25) is 0 Å². The summed E-state index contributed by atoms with van der Waals surface area (Å²) in [5.74, 6) is 1.37. The van der Waals surface area contributed by atoms with Crippen LogP contribution in [0.4, 0.5) is 0 Å². The molecule has 1 aromatic carbocycles. The van der Waals surface area contributed by atoms with Crippen LogP contribution >= 0.6 is 0 Å². The Kier molecular flexibility index (Phi) is 4.57. The molecule has 1 fully saturated rings. The Hall–Kier alpha value is -0.860. The van der Waals surface area contributed by atoms with Crippen molar-refractivity contribution in [2.45, 2.75) is 31.6 Å². The van der Waals surface area contributed by atoms with Gasteiger partial charge >= 0.3 is 0 Å². The third-order valence-corrected chi connectivity index (χ3v) is 3.86. The molecule has 0 spiro atoms. The Morgan fingerprint density at radius 2 is 2.35 bits per heavy atom. The lowest BCUT2D eigenvalue weighted by atomic mass is 9.90. The standard InChI is InChI=1S/C15H24N2/c1-3-12(10-16-2)13-5-4-6-14(9-13)15-7-8-17-11-15/h4-6,9,12,15-17H,3,7-8,10-11H2,1-2H3. The van der Waals surface area contributed by atoms with E-state index in [-0.39, 0.29) is 0 Å². The fraction of sp³-hybridized carbons (Fsp3) is 0.600. The summed E-state index contributed by atoms with van der Waals surface area (Å²) in [6.07, 6.45) is 2.49. The second-order valence-corrected chi connectivity index (χ2v) is 5.02. The zero-order chi connectivity index (χ0) is 12.1. The summed E-state index contributed by atoms with van der Waals surface area (Å²) < 4.78 is 0. The van der Waals surface area contributed by atoms with Gasteiger partial charge in [0.2, 0.25) is 0 Å². The summed E-state index contributed by atoms with van der Waals surface area (Å²) in [7, 11) is 2.04. The number of likely N-dealkylation sites (N-methyl/N-ethyl adjacent to an activating group) is 1. The number of rotatable bonds is 5. The lowest BCUT2D eigenvalue weighted by Gasteiger charge is -2.17. The monoisotopic (exact) mass is 232 g/mol. The molecule has 1 aliphatic heterocycles. The van der Waals surface area contributed by atoms with Gasteiger partial charge in [0.05, 0.1) is 0 Å². The van der Waals surface area contributed by atoms with Gasteiger partial charge in [0, 0.05) is 13.1 Å². The minimum Gasteiger partial charge on any atom is -0.319 e. The zero-order valence-electron chi connectivity index (χ0n) is 11.0. The summed E-state index contributed by atoms with van der Waals surface area (Å²) in [6.45, 7) is 5.66. The van der Waals surface area contributed by atoms with E-state index in [1.54, 1.807) is 0 Å². The first-order chi connectivity index (χ1) is 8.35. The molecule has 0 bridgehead atoms. The van der Waals surface area contributed by atoms with E-state index in [1.165, 1.54) is 30.5 Å². The maximum absolute atomic E-state index is 3.45. The first-order valence-corrected chi connectivity index (χ1v) is 6.80. The molecule has 2 nitrogen and oxygen atoms in total. The van der Waals surface area contributed by atoms with Gasteiger partial charge in [0.25, 0.3) is 0 Å². The van der Waals surface area contributed by atoms with Gasteiger partial charge in [-0.2, -0.15) is 0 Å². The first kappa shape index (κ1) is 12.6. The summed E-state index contributed by atoms with van der Waals surface area (Å²) in [5, 5.41) is 6.74. The van der Waals surface area contributed by atoms with Crippen molar-refractivity contribution in [3.8, 4) is 0 Å². The van der Waals surface area contributed by atoms with Crippen LogP contribution in [0.2, 0.25) is 0 Å². The Bertz CT molecular complexity index is 343. The van der Waals surface area contributed by atoms with Gasteiger partial charge in [-0.15, -0.1) is 0 Å². The average molecular weight is 232 g/mol. The van der Waals surface area contributed by atoms with Gasteiger partial charge in [0.1, 0.15) is 0 Å². The predicted octanol–water partition coefficient (Wildman–Crippen LogP) is 2.48. The summed E-state index contributed by atoms with van der Waals surface area (Å²) >= 11 is 0. The maximum atomic E-state index is 3.45. The van der Waals surface area contributed by atoms with Gasteiger partial charge in [-0.05, 0) is 49.4 Å². The molecule has 2 heteroatoms. The summed E-state index contributed by atoms with van der Waals surface area (Å²) in [4.78, 5) is 0. The molecule has 94 valence electrons. The van der Waals surface area contributed by atoms with Crippen LogP contribution in [0.15, 0.2) is 24.3 Å². The third-order valence-electron chi connectivity index (χ3n) is 3.86. The fourth-order valence-corrected chi connectivity index (χ4v) is 2.75. The molecule has 0 amide bonds. The fourth-order valence-electron chi connectivity index (χ4n) is 2.75. The Morgan fingerprint density at radius 1 is 1.47 bits per heavy atom. The summed E-state index contributed by atoms with van der Waals surface area (Å²) in [6, 6.07) is 9.20. The molecule has 0 saturated carbocycles. The van der Waals surface area contributed by atoms with Crippen LogP contribution in [0.1, 0.15) is 42.7 Å². The Labute approximate surface area is 105 Å². The molecule has 0 radical (unpaired) electrons. The van der Waals surface area contributed by atoms with E-state index in [0.29, 0.717) is 5.92 Å². The lowest BCUT2D eigenvalue weighted by Crippen LogP contribution is -2.17. The second kappa shape index (κ2) is 6.18. The number of hydrogen-bond donors (Lipinski definition) is 2. The van der Waals surface area contributed by atoms with Crippen LogP contribution < -0.4 is 10.6 Å². The van der Waals surface area contributed by atoms with Gasteiger partial charge in [-0.1, -0.05) is 31.2 Å². The molecule has 0 aliphatic carbocycles. The smallest absolute Gasteiger partial charge is 0.00206 e. The highest BCUT2D eigenvalue weighted by molar-refractivity contribution is 5.30. The molecule has 2 unspecified atom stereocenters. The lowest BCUT2D eigenvalue weighted by molar-refractivity contribution is 0.610. The minimum absolute atomic E-state index is 0.648. The molecule has 2 rings (SSSR count). The van der Waals surface area contributed by atoms with Crippen molar-refractivity contribution in [1.29, 1.82) is 0 Å². The normalized spacial score (nSPS) is 21.6. The molecule has 1 heterocycles. The number of nitrogens with one attached hydrogen (secondary N) is 2. The quantitative estimate of drug-likeness (QED) is 0.815. The Balaban J connectivity index is 2.14. The van der Waals surface area contributed by atoms with E-state index in [4.69, 9.17) is 0 Å². The molecule has 1 saturated heterocycles. The first-order valence-electron chi connectivity index (χ1n) is 6.80. The number of benzene rings is 1. The van der Waals surface area contributed by atoms with Crippen molar-refractivity contribution in [3.05, 3.63) is 35.4 Å². The van der Waals surface area contributed by atoms with Crippen molar-refractivity contribution < 1.29 is 0 Å². The molecule has 1 aromatic rings. The molecule has 0 aromatic heterocycles. The highest BCUT2D eigenvalue weighted by atomic mass is 14.9. The van der Waals surface area contributed by atoms with Crippen LogP contribution in [-0.2, 0) is 0 Å². The highest BCUT2D eigenvalue weighted by Crippen LogP contribution is 2.26. The molecular weight excluding hydrogens is 208 g/mol. The molecule has 17 heavy (non-hydrogen) atoms. The van der Waals surface area contributed by atoms with E-state index in [9.17, 15) is 0 Å². The van der Waals surface area contributed by atoms with Crippen molar-refractivity contribution in [1.82, 2.24) is 10.6 Å². The van der Waals surface area contributed by atoms with E-state index < -0.39 is 0 Å². The second-order valence-electron chi connectivity index (χ2n) is 5.02. The topological polar surface area (TPSA) is 24.1 Å². The summed E-state index contributed by atoms with van der Waals surface area (Å²) in [5.41, 5.74) is 3.01. The van der Waals surface area contributed by atoms with Crippen LogP contribution in [-0.4, -0.2) is 26.7 Å². The minimum atomic E-state index is 0.648. The van der Waals surface area contributed by atoms with Crippen molar-refractivity contribution >= 4 is 0 Å². The SMILES string of the molecule is CCC(CNC)c1cccc(C2CCNC2)c1. The zero-order valence-corrected chi connectivity index (χ0v) is 11.0. The van der Waals surface area contributed by atoms with Gasteiger partial charge < -0.3 is 10.6 Å². The molecule has 2 atom stereocenters. The van der Waals surface area contributed by atoms with Crippen LogP contribution in [0.3, 0.4) is 0 Å². The van der Waals surface area contributed by atoms with E-state index in [0.717, 1.165) is 19.0 Å². The molecule has 2 N–H and O–H groups in total. The van der Waals surface area contributed by atoms with E-state index >= 15 is 0 Å². The van der Waals surface area contributed by atoms with E-state index in [1.807, 2.05) is 7.05 Å². The third kappa shape index (κ3) is 3.08. The molecule has 1 aliphatic rings. The van der Waals surface area contributed by atoms with Crippen molar-refractivity contribution in [3.63, 3.8) is 0 Å². The molecular formula is C15H24N2. The van der Waals surface area contributed by atoms with Crippen molar-refractivity contribution in [2.75, 3.05) is 26.7 Å². The van der Waals surface area contributed by atoms with Crippen LogP contribution in [0.5, 0.6) is 0 Å². The highest BCUT2D eigenvalue weighted by Gasteiger charge is 2.17. The largest absolute Gasteiger partial charge is 0.319 e. The number of hydrogen-bond acceptors (Lipinski definition) is 2. The van der Waals surface area contributed by atoms with Crippen molar-refractivity contribution in [2.24, 2.45) is 0 Å². The van der Waals surface area contributed by atoms with E-state index in [2.05, 4.69) is 41.8 Å².